The molecule has 0 radical (unpaired) electrons. The van der Waals surface area contributed by atoms with Crippen molar-refractivity contribution in [2.45, 2.75) is 62.6 Å². The number of carbonyl (C=O) groups is 2. The molecular formula is C38H42FN3O6S. The number of carbonyl (C=O) groups excluding carboxylic acids is 2. The van der Waals surface area contributed by atoms with Crippen molar-refractivity contribution in [1.29, 1.82) is 0 Å². The minimum Gasteiger partial charge on any atom is -0.493 e. The van der Waals surface area contributed by atoms with Gasteiger partial charge in [-0.05, 0) is 67.3 Å². The molecule has 1 N–H and O–H groups in total. The fraction of sp³-hybridized carbons (Fsp3) is 0.316. The summed E-state index contributed by atoms with van der Waals surface area (Å²) >= 11 is 0. The monoisotopic (exact) mass is 687 g/mol. The summed E-state index contributed by atoms with van der Waals surface area (Å²) in [7, 11) is -1.49. The van der Waals surface area contributed by atoms with Crippen LogP contribution in [0.3, 0.4) is 0 Å². The lowest BCUT2D eigenvalue weighted by Crippen LogP contribution is -2.54. The summed E-state index contributed by atoms with van der Waals surface area (Å²) in [5, 5.41) is 3.15. The Hall–Kier alpha value is -4.90. The predicted molar refractivity (Wildman–Crippen MR) is 187 cm³/mol. The molecular weight excluding hydrogens is 645 g/mol. The number of halogens is 1. The first-order valence-corrected chi connectivity index (χ1v) is 17.7. The van der Waals surface area contributed by atoms with Crippen molar-refractivity contribution in [1.82, 2.24) is 10.2 Å². The normalized spacial score (nSPS) is 13.8. The van der Waals surface area contributed by atoms with Gasteiger partial charge in [0.15, 0.2) is 11.5 Å². The average molecular weight is 688 g/mol. The molecule has 0 aliphatic heterocycles. The lowest BCUT2D eigenvalue weighted by molar-refractivity contribution is -0.140. The van der Waals surface area contributed by atoms with Gasteiger partial charge >= 0.3 is 0 Å². The molecule has 5 rings (SSSR count). The maximum Gasteiger partial charge on any atom is 0.264 e. The van der Waals surface area contributed by atoms with Crippen molar-refractivity contribution in [3.05, 3.63) is 120 Å². The van der Waals surface area contributed by atoms with Gasteiger partial charge in [-0.25, -0.2) is 12.8 Å². The van der Waals surface area contributed by atoms with E-state index in [1.54, 1.807) is 36.4 Å². The van der Waals surface area contributed by atoms with Crippen LogP contribution >= 0.6 is 0 Å². The number of methoxy groups -OCH3 is 2. The quantitative estimate of drug-likeness (QED) is 0.173. The van der Waals surface area contributed by atoms with E-state index in [4.69, 9.17) is 9.47 Å². The summed E-state index contributed by atoms with van der Waals surface area (Å²) in [6.07, 6.45) is 3.90. The van der Waals surface area contributed by atoms with Crippen molar-refractivity contribution < 1.29 is 31.9 Å². The first kappa shape index (κ1) is 35.4. The Morgan fingerprint density at radius 1 is 0.857 bits per heavy atom. The minimum atomic E-state index is -4.35. The Labute approximate surface area is 287 Å². The third-order valence-electron chi connectivity index (χ3n) is 8.78. The van der Waals surface area contributed by atoms with Crippen LogP contribution in [0.25, 0.3) is 0 Å². The van der Waals surface area contributed by atoms with E-state index in [2.05, 4.69) is 5.32 Å². The molecule has 0 unspecified atom stereocenters. The van der Waals surface area contributed by atoms with Gasteiger partial charge in [0.05, 0.1) is 24.8 Å². The Balaban J connectivity index is 1.57. The molecule has 1 atom stereocenters. The van der Waals surface area contributed by atoms with E-state index >= 15 is 0 Å². The van der Waals surface area contributed by atoms with Crippen LogP contribution in [0.1, 0.15) is 42.4 Å². The average Bonchev–Trinajstić information content (AvgIpc) is 3.63. The van der Waals surface area contributed by atoms with E-state index in [9.17, 15) is 22.4 Å². The standard InChI is InChI=1S/C38H42FN3O6S/c1-27-13-19-32(20-14-27)42(49(45,46)33-21-22-35(47-2)36(24-33)48-3)26-37(43)41(25-29-15-17-30(39)18-16-29)34(23-28-9-5-4-6-10-28)38(44)40-31-11-7-8-12-31/h4-6,9-10,13-22,24,31,34H,7-8,11-12,23,25-26H2,1-3H3,(H,40,44)/t34-/m1/s1. The highest BCUT2D eigenvalue weighted by molar-refractivity contribution is 7.92. The lowest BCUT2D eigenvalue weighted by atomic mass is 10.0. The van der Waals surface area contributed by atoms with E-state index in [1.807, 2.05) is 37.3 Å². The first-order valence-electron chi connectivity index (χ1n) is 16.3. The van der Waals surface area contributed by atoms with Gasteiger partial charge in [-0.3, -0.25) is 13.9 Å². The molecule has 0 saturated heterocycles. The summed E-state index contributed by atoms with van der Waals surface area (Å²) in [6.45, 7) is 1.22. The van der Waals surface area contributed by atoms with Gasteiger partial charge in [-0.2, -0.15) is 0 Å². The number of benzene rings is 4. The van der Waals surface area contributed by atoms with Crippen LogP contribution < -0.4 is 19.1 Å². The minimum absolute atomic E-state index is 0.0111. The van der Waals surface area contributed by atoms with Crippen molar-refractivity contribution in [3.63, 3.8) is 0 Å². The van der Waals surface area contributed by atoms with E-state index < -0.39 is 34.3 Å². The number of nitrogens with zero attached hydrogens (tertiary/aromatic N) is 2. The highest BCUT2D eigenvalue weighted by Gasteiger charge is 2.36. The molecule has 4 aromatic rings. The number of aryl methyl sites for hydroxylation is 1. The van der Waals surface area contributed by atoms with Crippen LogP contribution in [-0.2, 0) is 32.6 Å². The Morgan fingerprint density at radius 2 is 1.51 bits per heavy atom. The van der Waals surface area contributed by atoms with Crippen LogP contribution in [0, 0.1) is 12.7 Å². The lowest BCUT2D eigenvalue weighted by Gasteiger charge is -2.34. The van der Waals surface area contributed by atoms with Crippen molar-refractivity contribution >= 4 is 27.5 Å². The SMILES string of the molecule is COc1ccc(S(=O)(=O)N(CC(=O)N(Cc2ccc(F)cc2)[C@H](Cc2ccccc2)C(=O)NC2CCCC2)c2ccc(C)cc2)cc1OC. The number of anilines is 1. The molecule has 258 valence electrons. The molecule has 11 heteroatoms. The van der Waals surface area contributed by atoms with Crippen LogP contribution in [0.4, 0.5) is 10.1 Å². The largest absolute Gasteiger partial charge is 0.493 e. The van der Waals surface area contributed by atoms with E-state index in [1.165, 1.54) is 49.5 Å². The molecule has 1 fully saturated rings. The topological polar surface area (TPSA) is 105 Å². The fourth-order valence-corrected chi connectivity index (χ4v) is 7.48. The maximum atomic E-state index is 14.7. The molecule has 0 bridgehead atoms. The number of hydrogen-bond donors (Lipinski definition) is 1. The second-order valence-electron chi connectivity index (χ2n) is 12.2. The van der Waals surface area contributed by atoms with Gasteiger partial charge in [0, 0.05) is 25.1 Å². The molecule has 4 aromatic carbocycles. The Kier molecular flexibility index (Phi) is 11.6. The zero-order chi connectivity index (χ0) is 35.0. The molecule has 9 nitrogen and oxygen atoms in total. The summed E-state index contributed by atoms with van der Waals surface area (Å²) in [6, 6.07) is 25.1. The number of hydrogen-bond acceptors (Lipinski definition) is 6. The van der Waals surface area contributed by atoms with Crippen LogP contribution in [0.5, 0.6) is 11.5 Å². The predicted octanol–water partition coefficient (Wildman–Crippen LogP) is 6.05. The molecule has 0 spiro atoms. The molecule has 0 heterocycles. The molecule has 2 amide bonds. The molecule has 49 heavy (non-hydrogen) atoms. The number of nitrogens with one attached hydrogen (secondary N) is 1. The Bertz CT molecular complexity index is 1830. The van der Waals surface area contributed by atoms with Gasteiger partial charge in [-0.1, -0.05) is 73.0 Å². The van der Waals surface area contributed by atoms with Gasteiger partial charge in [0.25, 0.3) is 10.0 Å². The number of rotatable bonds is 14. The zero-order valence-corrected chi connectivity index (χ0v) is 28.8. The second-order valence-corrected chi connectivity index (χ2v) is 14.1. The van der Waals surface area contributed by atoms with E-state index in [0.717, 1.165) is 41.1 Å². The van der Waals surface area contributed by atoms with Crippen LogP contribution in [0.2, 0.25) is 0 Å². The van der Waals surface area contributed by atoms with Crippen LogP contribution in [0.15, 0.2) is 102 Å². The van der Waals surface area contributed by atoms with Gasteiger partial charge in [-0.15, -0.1) is 0 Å². The summed E-state index contributed by atoms with van der Waals surface area (Å²) < 4.78 is 54.5. The van der Waals surface area contributed by atoms with Crippen molar-refractivity contribution in [2.75, 3.05) is 25.1 Å². The highest BCUT2D eigenvalue weighted by Crippen LogP contribution is 2.32. The van der Waals surface area contributed by atoms with Crippen LogP contribution in [-0.4, -0.2) is 58.0 Å². The Morgan fingerprint density at radius 3 is 2.14 bits per heavy atom. The summed E-state index contributed by atoms with van der Waals surface area (Å²) in [5.74, 6) is -0.801. The first-order chi connectivity index (χ1) is 23.6. The van der Waals surface area contributed by atoms with Gasteiger partial charge in [0.2, 0.25) is 11.8 Å². The fourth-order valence-electron chi connectivity index (χ4n) is 6.05. The number of amides is 2. The van der Waals surface area contributed by atoms with Crippen molar-refractivity contribution in [2.24, 2.45) is 0 Å². The number of sulfonamides is 1. The molecule has 1 aliphatic carbocycles. The van der Waals surface area contributed by atoms with E-state index in [0.29, 0.717) is 11.3 Å². The van der Waals surface area contributed by atoms with Gasteiger partial charge in [0.1, 0.15) is 18.4 Å². The molecule has 0 aromatic heterocycles. The zero-order valence-electron chi connectivity index (χ0n) is 28.0. The maximum absolute atomic E-state index is 14.7. The highest BCUT2D eigenvalue weighted by atomic mass is 32.2. The summed E-state index contributed by atoms with van der Waals surface area (Å²) in [4.78, 5) is 30.1. The molecule has 1 saturated carbocycles. The third-order valence-corrected chi connectivity index (χ3v) is 10.6. The summed E-state index contributed by atoms with van der Waals surface area (Å²) in [5.41, 5.74) is 2.60. The smallest absolute Gasteiger partial charge is 0.264 e. The number of ether oxygens (including phenoxy) is 2. The second kappa shape index (κ2) is 16.0. The third kappa shape index (κ3) is 8.77. The van der Waals surface area contributed by atoms with E-state index in [-0.39, 0.29) is 41.2 Å². The molecule has 1 aliphatic rings. The van der Waals surface area contributed by atoms with Crippen molar-refractivity contribution in [3.8, 4) is 11.5 Å². The van der Waals surface area contributed by atoms with Gasteiger partial charge < -0.3 is 19.7 Å².